The smallest absolute Gasteiger partial charge is 0.180 e. The largest absolute Gasteiger partial charge is 0.294 e. The molecule has 2 nitrogen and oxygen atoms in total. The Balaban J connectivity index is 1.51. The minimum atomic E-state index is -0.399. The van der Waals surface area contributed by atoms with Gasteiger partial charge in [0.05, 0.1) is 0 Å². The lowest BCUT2D eigenvalue weighted by Gasteiger charge is -2.10. The van der Waals surface area contributed by atoms with Crippen molar-refractivity contribution in [2.24, 2.45) is 0 Å². The maximum Gasteiger partial charge on any atom is 0.180 e. The highest BCUT2D eigenvalue weighted by Gasteiger charge is 2.19. The van der Waals surface area contributed by atoms with E-state index in [1.165, 1.54) is 83.5 Å². The van der Waals surface area contributed by atoms with E-state index < -0.39 is 4.83 Å². The maximum absolute atomic E-state index is 12.6. The molecule has 0 aliphatic carbocycles. The third-order valence-corrected chi connectivity index (χ3v) is 7.77. The molecule has 0 radical (unpaired) electrons. The Morgan fingerprint density at radius 3 is 1.54 bits per heavy atom. The summed E-state index contributed by atoms with van der Waals surface area (Å²) in [5, 5.41) is 0. The zero-order chi connectivity index (χ0) is 25.1. The van der Waals surface area contributed by atoms with Crippen molar-refractivity contribution in [1.82, 2.24) is 0 Å². The van der Waals surface area contributed by atoms with Crippen LogP contribution in [0.25, 0.3) is 0 Å². The fourth-order valence-electron chi connectivity index (χ4n) is 4.54. The first-order valence-corrected chi connectivity index (χ1v) is 14.9. The van der Waals surface area contributed by atoms with E-state index >= 15 is 0 Å². The molecule has 35 heavy (non-hydrogen) atoms. The molecular formula is C32H45BrO2. The first kappa shape index (κ1) is 29.5. The van der Waals surface area contributed by atoms with Crippen LogP contribution in [0.3, 0.4) is 0 Å². The molecular weight excluding hydrogens is 496 g/mol. The van der Waals surface area contributed by atoms with Gasteiger partial charge < -0.3 is 0 Å². The summed E-state index contributed by atoms with van der Waals surface area (Å²) < 4.78 is 0. The fraction of sp³-hybridized carbons (Fsp3) is 0.562. The van der Waals surface area contributed by atoms with Gasteiger partial charge in [0.1, 0.15) is 4.83 Å². The van der Waals surface area contributed by atoms with Crippen molar-refractivity contribution in [1.29, 1.82) is 0 Å². The van der Waals surface area contributed by atoms with Gasteiger partial charge in [0, 0.05) is 17.5 Å². The van der Waals surface area contributed by atoms with Crippen LogP contribution in [0.4, 0.5) is 0 Å². The first-order valence-electron chi connectivity index (χ1n) is 14.0. The molecule has 2 rings (SSSR count). The van der Waals surface area contributed by atoms with Crippen LogP contribution in [0.1, 0.15) is 141 Å². The van der Waals surface area contributed by atoms with Crippen molar-refractivity contribution in [2.45, 2.75) is 114 Å². The quantitative estimate of drug-likeness (QED) is 0.0949. The minimum Gasteiger partial charge on any atom is -0.294 e. The molecule has 0 N–H and O–H groups in total. The van der Waals surface area contributed by atoms with Crippen LogP contribution >= 0.6 is 15.9 Å². The van der Waals surface area contributed by atoms with Crippen molar-refractivity contribution in [2.75, 3.05) is 0 Å². The van der Waals surface area contributed by atoms with Gasteiger partial charge in [-0.15, -0.1) is 0 Å². The van der Waals surface area contributed by atoms with Gasteiger partial charge >= 0.3 is 0 Å². The molecule has 0 aliphatic heterocycles. The topological polar surface area (TPSA) is 34.1 Å². The van der Waals surface area contributed by atoms with E-state index in [9.17, 15) is 9.59 Å². The molecule has 0 fully saturated rings. The average molecular weight is 542 g/mol. The van der Waals surface area contributed by atoms with Gasteiger partial charge in [0.25, 0.3) is 0 Å². The van der Waals surface area contributed by atoms with Crippen molar-refractivity contribution < 1.29 is 9.59 Å². The van der Waals surface area contributed by atoms with E-state index in [2.05, 4.69) is 22.9 Å². The Morgan fingerprint density at radius 1 is 0.600 bits per heavy atom. The second kappa shape index (κ2) is 18.5. The van der Waals surface area contributed by atoms with Crippen LogP contribution in [-0.2, 0) is 0 Å². The normalized spacial score (nSPS) is 11.9. The zero-order valence-electron chi connectivity index (χ0n) is 21.8. The third kappa shape index (κ3) is 12.2. The predicted molar refractivity (Wildman–Crippen MR) is 153 cm³/mol. The number of carbonyl (C=O) groups excluding carboxylic acids is 2. The zero-order valence-corrected chi connectivity index (χ0v) is 23.4. The summed E-state index contributed by atoms with van der Waals surface area (Å²) in [6.07, 6.45) is 20.6. The molecule has 0 heterocycles. The van der Waals surface area contributed by atoms with Crippen LogP contribution < -0.4 is 0 Å². The number of rotatable bonds is 20. The standard InChI is InChI=1S/C32H45BrO2/c1-2-3-4-5-6-7-8-9-10-11-12-13-14-15-19-22-30(34)27-23-25-28(26-24-27)31(33)32(35)29-20-17-16-18-21-29/h16-18,20-21,23-26,31H,2-15,19,22H2,1H3. The molecule has 0 aromatic heterocycles. The number of benzene rings is 2. The number of Topliss-reactive ketones (excluding diaryl/α,β-unsaturated/α-hetero) is 2. The fourth-order valence-corrected chi connectivity index (χ4v) is 5.11. The Hall–Kier alpha value is -1.74. The van der Waals surface area contributed by atoms with E-state index in [0.717, 1.165) is 24.0 Å². The predicted octanol–water partition coefficient (Wildman–Crippen LogP) is 10.4. The molecule has 0 bridgehead atoms. The second-order valence-corrected chi connectivity index (χ2v) is 10.8. The molecule has 0 spiro atoms. The molecule has 2 aromatic carbocycles. The number of hydrogen-bond donors (Lipinski definition) is 0. The van der Waals surface area contributed by atoms with Crippen LogP contribution in [0, 0.1) is 0 Å². The van der Waals surface area contributed by atoms with Gasteiger partial charge in [0.2, 0.25) is 0 Å². The van der Waals surface area contributed by atoms with E-state index in [0.29, 0.717) is 12.0 Å². The second-order valence-electron chi connectivity index (χ2n) is 9.84. The first-order chi connectivity index (χ1) is 17.1. The highest BCUT2D eigenvalue weighted by molar-refractivity contribution is 9.09. The molecule has 0 saturated carbocycles. The lowest BCUT2D eigenvalue weighted by Crippen LogP contribution is -2.07. The summed E-state index contributed by atoms with van der Waals surface area (Å²) in [5.74, 6) is 0.231. The summed E-state index contributed by atoms with van der Waals surface area (Å²) in [6.45, 7) is 2.28. The molecule has 3 heteroatoms. The lowest BCUT2D eigenvalue weighted by atomic mass is 9.99. The molecule has 0 saturated heterocycles. The van der Waals surface area contributed by atoms with Crippen LogP contribution in [-0.4, -0.2) is 11.6 Å². The highest BCUT2D eigenvalue weighted by Crippen LogP contribution is 2.27. The van der Waals surface area contributed by atoms with Gasteiger partial charge in [0.15, 0.2) is 11.6 Å². The number of ketones is 2. The SMILES string of the molecule is CCCCCCCCCCCCCCCCCC(=O)c1ccc(C(Br)C(=O)c2ccccc2)cc1. The number of alkyl halides is 1. The molecule has 192 valence electrons. The van der Waals surface area contributed by atoms with Crippen molar-refractivity contribution in [3.63, 3.8) is 0 Å². The van der Waals surface area contributed by atoms with E-state index in [-0.39, 0.29) is 11.6 Å². The van der Waals surface area contributed by atoms with Crippen LogP contribution in [0.5, 0.6) is 0 Å². The summed E-state index contributed by atoms with van der Waals surface area (Å²) in [5.41, 5.74) is 2.30. The van der Waals surface area contributed by atoms with E-state index in [1.807, 2.05) is 54.6 Å². The van der Waals surface area contributed by atoms with Crippen molar-refractivity contribution in [3.8, 4) is 0 Å². The number of carbonyl (C=O) groups is 2. The Bertz CT molecular complexity index is 828. The monoisotopic (exact) mass is 540 g/mol. The van der Waals surface area contributed by atoms with Crippen molar-refractivity contribution >= 4 is 27.5 Å². The Kier molecular flexibility index (Phi) is 15.6. The van der Waals surface area contributed by atoms with Gasteiger partial charge in [-0.2, -0.15) is 0 Å². The molecule has 2 aromatic rings. The number of hydrogen-bond acceptors (Lipinski definition) is 2. The highest BCUT2D eigenvalue weighted by atomic mass is 79.9. The number of halogens is 1. The van der Waals surface area contributed by atoms with Gasteiger partial charge in [-0.25, -0.2) is 0 Å². The molecule has 0 aliphatic rings. The van der Waals surface area contributed by atoms with Crippen LogP contribution in [0.15, 0.2) is 54.6 Å². The summed E-state index contributed by atoms with van der Waals surface area (Å²) >= 11 is 3.52. The van der Waals surface area contributed by atoms with Crippen LogP contribution in [0.2, 0.25) is 0 Å². The molecule has 0 amide bonds. The maximum atomic E-state index is 12.6. The summed E-state index contributed by atoms with van der Waals surface area (Å²) in [7, 11) is 0. The molecule has 1 atom stereocenters. The number of unbranched alkanes of at least 4 members (excludes halogenated alkanes) is 14. The summed E-state index contributed by atoms with van der Waals surface area (Å²) in [6, 6.07) is 16.8. The average Bonchev–Trinajstić information content (AvgIpc) is 2.90. The van der Waals surface area contributed by atoms with E-state index in [4.69, 9.17) is 0 Å². The summed E-state index contributed by atoms with van der Waals surface area (Å²) in [4.78, 5) is 24.8. The minimum absolute atomic E-state index is 0.0301. The van der Waals surface area contributed by atoms with Gasteiger partial charge in [-0.1, -0.05) is 167 Å². The Morgan fingerprint density at radius 2 is 1.06 bits per heavy atom. The van der Waals surface area contributed by atoms with Crippen molar-refractivity contribution in [3.05, 3.63) is 71.3 Å². The Labute approximate surface area is 222 Å². The van der Waals surface area contributed by atoms with E-state index in [1.54, 1.807) is 0 Å². The van der Waals surface area contributed by atoms with Gasteiger partial charge in [-0.05, 0) is 12.0 Å². The lowest BCUT2D eigenvalue weighted by molar-refractivity contribution is 0.0976. The van der Waals surface area contributed by atoms with Gasteiger partial charge in [-0.3, -0.25) is 9.59 Å². The third-order valence-electron chi connectivity index (χ3n) is 6.82. The molecule has 1 unspecified atom stereocenters.